The van der Waals surface area contributed by atoms with Crippen molar-refractivity contribution < 1.29 is 17.6 Å². The fraction of sp³-hybridized carbons (Fsp3) is 0.333. The van der Waals surface area contributed by atoms with Gasteiger partial charge in [0.25, 0.3) is 6.43 Å². The maximum absolute atomic E-state index is 13.1. The lowest BCUT2D eigenvalue weighted by Gasteiger charge is -2.06. The van der Waals surface area contributed by atoms with E-state index in [0.717, 1.165) is 6.07 Å². The normalized spacial score (nSPS) is 10.9. The van der Waals surface area contributed by atoms with Gasteiger partial charge in [0.1, 0.15) is 11.6 Å². The van der Waals surface area contributed by atoms with E-state index in [1.807, 2.05) is 0 Å². The van der Waals surface area contributed by atoms with Crippen molar-refractivity contribution >= 4 is 0 Å². The van der Waals surface area contributed by atoms with Crippen LogP contribution in [0.4, 0.5) is 17.6 Å². The molecule has 1 rings (SSSR count). The minimum atomic E-state index is -2.97. The van der Waals surface area contributed by atoms with E-state index in [0.29, 0.717) is 6.07 Å². The van der Waals surface area contributed by atoms with Crippen molar-refractivity contribution in [2.24, 2.45) is 0 Å². The number of rotatable bonds is 2. The Labute approximate surface area is 73.2 Å². The van der Waals surface area contributed by atoms with E-state index in [4.69, 9.17) is 0 Å². The second kappa shape index (κ2) is 3.77. The standard InChI is InChI=1S/C9H8F4/c1-2-5-3-6(10)4-7(8(5)11)9(12)13/h3-4,9H,2H2,1H3. The average molecular weight is 192 g/mol. The minimum absolute atomic E-state index is 0.0182. The molecule has 1 aromatic carbocycles. The third-order valence-electron chi connectivity index (χ3n) is 1.76. The summed E-state index contributed by atoms with van der Waals surface area (Å²) >= 11 is 0. The number of alkyl halides is 2. The lowest BCUT2D eigenvalue weighted by Crippen LogP contribution is -1.98. The molecule has 0 unspecified atom stereocenters. The summed E-state index contributed by atoms with van der Waals surface area (Å²) in [4.78, 5) is 0. The van der Waals surface area contributed by atoms with Crippen LogP contribution >= 0.6 is 0 Å². The van der Waals surface area contributed by atoms with Crippen LogP contribution < -0.4 is 0 Å². The van der Waals surface area contributed by atoms with Gasteiger partial charge in [0.2, 0.25) is 0 Å². The van der Waals surface area contributed by atoms with Gasteiger partial charge in [-0.1, -0.05) is 6.92 Å². The summed E-state index contributed by atoms with van der Waals surface area (Å²) in [5, 5.41) is 0. The highest BCUT2D eigenvalue weighted by Gasteiger charge is 2.17. The predicted octanol–water partition coefficient (Wildman–Crippen LogP) is 3.46. The van der Waals surface area contributed by atoms with Crippen molar-refractivity contribution in [3.8, 4) is 0 Å². The summed E-state index contributed by atoms with van der Waals surface area (Å²) < 4.78 is 49.9. The Bertz CT molecular complexity index is 307. The SMILES string of the molecule is CCc1cc(F)cc(C(F)F)c1F. The molecular formula is C9H8F4. The fourth-order valence-corrected chi connectivity index (χ4v) is 1.08. The first kappa shape index (κ1) is 10.0. The van der Waals surface area contributed by atoms with E-state index in [9.17, 15) is 17.6 Å². The van der Waals surface area contributed by atoms with Crippen LogP contribution in [0.5, 0.6) is 0 Å². The molecule has 72 valence electrons. The zero-order valence-corrected chi connectivity index (χ0v) is 6.95. The van der Waals surface area contributed by atoms with Gasteiger partial charge in [0.15, 0.2) is 0 Å². The summed E-state index contributed by atoms with van der Waals surface area (Å²) in [7, 11) is 0. The molecule has 0 atom stereocenters. The molecule has 0 aromatic heterocycles. The summed E-state index contributed by atoms with van der Waals surface area (Å²) in [5.41, 5.74) is -0.882. The van der Waals surface area contributed by atoms with E-state index < -0.39 is 23.6 Å². The molecule has 0 aliphatic rings. The van der Waals surface area contributed by atoms with Crippen LogP contribution in [-0.2, 0) is 6.42 Å². The summed E-state index contributed by atoms with van der Waals surface area (Å²) in [6.45, 7) is 1.58. The molecule has 0 N–H and O–H groups in total. The fourth-order valence-electron chi connectivity index (χ4n) is 1.08. The molecular weight excluding hydrogens is 184 g/mol. The smallest absolute Gasteiger partial charge is 0.207 e. The van der Waals surface area contributed by atoms with Crippen LogP contribution in [0.1, 0.15) is 24.5 Å². The average Bonchev–Trinajstić information content (AvgIpc) is 2.08. The van der Waals surface area contributed by atoms with Gasteiger partial charge >= 0.3 is 0 Å². The van der Waals surface area contributed by atoms with E-state index in [1.165, 1.54) is 0 Å². The van der Waals surface area contributed by atoms with Crippen LogP contribution in [0.15, 0.2) is 12.1 Å². The van der Waals surface area contributed by atoms with Crippen molar-refractivity contribution in [3.63, 3.8) is 0 Å². The Morgan fingerprint density at radius 1 is 1.23 bits per heavy atom. The summed E-state index contributed by atoms with van der Waals surface area (Å²) in [6, 6.07) is 1.46. The largest absolute Gasteiger partial charge is 0.266 e. The number of benzene rings is 1. The van der Waals surface area contributed by atoms with E-state index in [2.05, 4.69) is 0 Å². The summed E-state index contributed by atoms with van der Waals surface area (Å²) in [6.07, 6.45) is -2.77. The van der Waals surface area contributed by atoms with Crippen LogP contribution in [0.2, 0.25) is 0 Å². The highest BCUT2D eigenvalue weighted by molar-refractivity contribution is 5.27. The molecule has 0 heterocycles. The van der Waals surface area contributed by atoms with E-state index >= 15 is 0 Å². The molecule has 0 radical (unpaired) electrons. The van der Waals surface area contributed by atoms with Gasteiger partial charge in [-0.15, -0.1) is 0 Å². The highest BCUT2D eigenvalue weighted by Crippen LogP contribution is 2.25. The molecule has 0 aliphatic carbocycles. The lowest BCUT2D eigenvalue weighted by molar-refractivity contribution is 0.145. The molecule has 0 saturated heterocycles. The van der Waals surface area contributed by atoms with Crippen LogP contribution in [0.25, 0.3) is 0 Å². The summed E-state index contributed by atoms with van der Waals surface area (Å²) in [5.74, 6) is -1.83. The Kier molecular flexibility index (Phi) is 2.90. The zero-order chi connectivity index (χ0) is 10.0. The molecule has 4 heteroatoms. The number of hydrogen-bond donors (Lipinski definition) is 0. The van der Waals surface area contributed by atoms with Gasteiger partial charge in [-0.2, -0.15) is 0 Å². The maximum atomic E-state index is 13.1. The zero-order valence-electron chi connectivity index (χ0n) is 6.95. The number of halogens is 4. The topological polar surface area (TPSA) is 0 Å². The van der Waals surface area contributed by atoms with Gasteiger partial charge in [-0.25, -0.2) is 17.6 Å². The quantitative estimate of drug-likeness (QED) is 0.629. The molecule has 0 aliphatic heterocycles. The first-order valence-corrected chi connectivity index (χ1v) is 3.82. The molecule has 0 bridgehead atoms. The van der Waals surface area contributed by atoms with Crippen LogP contribution in [0.3, 0.4) is 0 Å². The van der Waals surface area contributed by atoms with Gasteiger partial charge < -0.3 is 0 Å². The molecule has 0 spiro atoms. The monoisotopic (exact) mass is 192 g/mol. The number of aryl methyl sites for hydroxylation is 1. The lowest BCUT2D eigenvalue weighted by atomic mass is 10.1. The predicted molar refractivity (Wildman–Crippen MR) is 40.7 cm³/mol. The number of hydrogen-bond acceptors (Lipinski definition) is 0. The van der Waals surface area contributed by atoms with Gasteiger partial charge in [-0.05, 0) is 24.1 Å². The Morgan fingerprint density at radius 3 is 2.31 bits per heavy atom. The molecule has 1 aromatic rings. The highest BCUT2D eigenvalue weighted by atomic mass is 19.3. The van der Waals surface area contributed by atoms with E-state index in [-0.39, 0.29) is 12.0 Å². The maximum Gasteiger partial charge on any atom is 0.266 e. The third-order valence-corrected chi connectivity index (χ3v) is 1.76. The van der Waals surface area contributed by atoms with Crippen molar-refractivity contribution in [1.29, 1.82) is 0 Å². The minimum Gasteiger partial charge on any atom is -0.207 e. The van der Waals surface area contributed by atoms with Crippen LogP contribution in [-0.4, -0.2) is 0 Å². The molecule has 0 fully saturated rings. The first-order chi connectivity index (χ1) is 6.06. The second-order valence-electron chi connectivity index (χ2n) is 2.62. The Hall–Kier alpha value is -1.06. The third kappa shape index (κ3) is 1.99. The molecule has 0 amide bonds. The molecule has 0 nitrogen and oxygen atoms in total. The second-order valence-corrected chi connectivity index (χ2v) is 2.62. The first-order valence-electron chi connectivity index (χ1n) is 3.82. The van der Waals surface area contributed by atoms with Gasteiger partial charge in [0.05, 0.1) is 5.56 Å². The van der Waals surface area contributed by atoms with Crippen molar-refractivity contribution in [3.05, 3.63) is 34.9 Å². The van der Waals surface area contributed by atoms with Crippen molar-refractivity contribution in [2.75, 3.05) is 0 Å². The van der Waals surface area contributed by atoms with Crippen molar-refractivity contribution in [2.45, 2.75) is 19.8 Å². The van der Waals surface area contributed by atoms with E-state index in [1.54, 1.807) is 6.92 Å². The van der Waals surface area contributed by atoms with Gasteiger partial charge in [-0.3, -0.25) is 0 Å². The van der Waals surface area contributed by atoms with Crippen molar-refractivity contribution in [1.82, 2.24) is 0 Å². The van der Waals surface area contributed by atoms with Gasteiger partial charge in [0, 0.05) is 0 Å². The Morgan fingerprint density at radius 2 is 1.85 bits per heavy atom. The molecule has 0 saturated carbocycles. The van der Waals surface area contributed by atoms with Crippen LogP contribution in [0, 0.1) is 11.6 Å². The Balaban J connectivity index is 3.27. The molecule has 13 heavy (non-hydrogen) atoms.